The van der Waals surface area contributed by atoms with Crippen molar-refractivity contribution in [1.82, 2.24) is 5.32 Å². The maximum atomic E-state index is 10.4. The predicted molar refractivity (Wildman–Crippen MR) is 55.4 cm³/mol. The van der Waals surface area contributed by atoms with Crippen molar-refractivity contribution in [3.63, 3.8) is 0 Å². The van der Waals surface area contributed by atoms with Crippen molar-refractivity contribution in [3.8, 4) is 0 Å². The lowest BCUT2D eigenvalue weighted by molar-refractivity contribution is -0.138. The molecule has 0 rings (SSSR count). The minimum Gasteiger partial charge on any atom is -0.480 e. The quantitative estimate of drug-likeness (QED) is 0.559. The van der Waals surface area contributed by atoms with Crippen molar-refractivity contribution in [1.29, 1.82) is 0 Å². The van der Waals surface area contributed by atoms with Gasteiger partial charge in [0.1, 0.15) is 6.04 Å². The Morgan fingerprint density at radius 1 is 1.43 bits per heavy atom. The molecule has 6 heteroatoms. The van der Waals surface area contributed by atoms with Crippen LogP contribution in [0.1, 0.15) is 26.2 Å². The van der Waals surface area contributed by atoms with Crippen molar-refractivity contribution in [2.45, 2.75) is 32.2 Å². The molecule has 0 saturated carbocycles. The molecule has 0 spiro atoms. The number of halogens is 1. The van der Waals surface area contributed by atoms with Crippen molar-refractivity contribution >= 4 is 24.3 Å². The molecule has 0 aliphatic rings. The number of nitrogens with one attached hydrogen (secondary N) is 1. The van der Waals surface area contributed by atoms with E-state index in [2.05, 4.69) is 5.32 Å². The van der Waals surface area contributed by atoms with Crippen LogP contribution < -0.4 is 11.1 Å². The second-order valence-corrected chi connectivity index (χ2v) is 2.92. The highest BCUT2D eigenvalue weighted by atomic mass is 35.5. The summed E-state index contributed by atoms with van der Waals surface area (Å²) in [6.07, 6.45) is 1.93. The number of unbranched alkanes of at least 4 members (excludes halogenated alkanes) is 1. The Labute approximate surface area is 89.5 Å². The van der Waals surface area contributed by atoms with Crippen LogP contribution in [0, 0.1) is 0 Å². The van der Waals surface area contributed by atoms with E-state index < -0.39 is 12.0 Å². The molecule has 0 aliphatic carbocycles. The molecule has 0 unspecified atom stereocenters. The largest absolute Gasteiger partial charge is 0.480 e. The molecule has 0 aromatic rings. The van der Waals surface area contributed by atoms with E-state index in [1.165, 1.54) is 6.92 Å². The SMILES string of the molecule is CC(=O)NCCCC[C@H](N)C(=O)O.Cl. The van der Waals surface area contributed by atoms with E-state index >= 15 is 0 Å². The third-order valence-electron chi connectivity index (χ3n) is 1.63. The topological polar surface area (TPSA) is 92.4 Å². The summed E-state index contributed by atoms with van der Waals surface area (Å²) in [5.41, 5.74) is 5.27. The van der Waals surface area contributed by atoms with Gasteiger partial charge in [-0.15, -0.1) is 12.4 Å². The van der Waals surface area contributed by atoms with E-state index in [1.54, 1.807) is 0 Å². The Morgan fingerprint density at radius 2 is 2.00 bits per heavy atom. The summed E-state index contributed by atoms with van der Waals surface area (Å²) in [5.74, 6) is -1.04. The van der Waals surface area contributed by atoms with E-state index in [-0.39, 0.29) is 18.3 Å². The first-order valence-electron chi connectivity index (χ1n) is 4.27. The molecule has 14 heavy (non-hydrogen) atoms. The minimum absolute atomic E-state index is 0. The summed E-state index contributed by atoms with van der Waals surface area (Å²) in [4.78, 5) is 20.7. The van der Waals surface area contributed by atoms with Gasteiger partial charge in [-0.25, -0.2) is 0 Å². The van der Waals surface area contributed by atoms with Crippen LogP contribution in [0.3, 0.4) is 0 Å². The lowest BCUT2D eigenvalue weighted by atomic mass is 10.1. The van der Waals surface area contributed by atoms with Gasteiger partial charge in [-0.2, -0.15) is 0 Å². The lowest BCUT2D eigenvalue weighted by Gasteiger charge is -2.05. The van der Waals surface area contributed by atoms with Gasteiger partial charge in [-0.05, 0) is 19.3 Å². The standard InChI is InChI=1S/C8H16N2O3.ClH/c1-6(11)10-5-3-2-4-7(9)8(12)13;/h7H,2-5,9H2,1H3,(H,10,11)(H,12,13);1H/t7-;/m0./s1. The summed E-state index contributed by atoms with van der Waals surface area (Å²) < 4.78 is 0. The number of nitrogens with two attached hydrogens (primary N) is 1. The fourth-order valence-corrected chi connectivity index (χ4v) is 0.877. The van der Waals surface area contributed by atoms with Gasteiger partial charge in [0.05, 0.1) is 0 Å². The van der Waals surface area contributed by atoms with Crippen LogP contribution >= 0.6 is 12.4 Å². The van der Waals surface area contributed by atoms with Crippen LogP contribution in [0.25, 0.3) is 0 Å². The smallest absolute Gasteiger partial charge is 0.320 e. The van der Waals surface area contributed by atoms with Crippen molar-refractivity contribution in [2.24, 2.45) is 5.73 Å². The number of aliphatic carboxylic acids is 1. The van der Waals surface area contributed by atoms with Crippen molar-refractivity contribution in [3.05, 3.63) is 0 Å². The van der Waals surface area contributed by atoms with Gasteiger partial charge < -0.3 is 16.2 Å². The molecule has 0 aromatic carbocycles. The Hall–Kier alpha value is -0.810. The predicted octanol–water partition coefficient (Wildman–Crippen LogP) is 0.126. The zero-order valence-corrected chi connectivity index (χ0v) is 8.97. The molecule has 0 aromatic heterocycles. The van der Waals surface area contributed by atoms with Crippen LogP contribution in [0.15, 0.2) is 0 Å². The highest BCUT2D eigenvalue weighted by Crippen LogP contribution is 1.97. The van der Waals surface area contributed by atoms with Gasteiger partial charge in [0, 0.05) is 13.5 Å². The van der Waals surface area contributed by atoms with Gasteiger partial charge in [0.2, 0.25) is 5.91 Å². The lowest BCUT2D eigenvalue weighted by Crippen LogP contribution is -2.30. The summed E-state index contributed by atoms with van der Waals surface area (Å²) in [6.45, 7) is 2.03. The second kappa shape index (κ2) is 8.77. The Balaban J connectivity index is 0. The molecule has 0 aliphatic heterocycles. The number of carbonyl (C=O) groups is 2. The average Bonchev–Trinajstić information content (AvgIpc) is 2.02. The molecule has 5 nitrogen and oxygen atoms in total. The maximum Gasteiger partial charge on any atom is 0.320 e. The number of carboxylic acid groups (broad SMARTS) is 1. The van der Waals surface area contributed by atoms with Crippen LogP contribution in [0.2, 0.25) is 0 Å². The number of amides is 1. The molecule has 0 heterocycles. The van der Waals surface area contributed by atoms with Gasteiger partial charge >= 0.3 is 5.97 Å². The molecular weight excluding hydrogens is 208 g/mol. The zero-order chi connectivity index (χ0) is 10.3. The summed E-state index contributed by atoms with van der Waals surface area (Å²) in [6, 6.07) is -0.780. The van der Waals surface area contributed by atoms with Gasteiger partial charge in [0.25, 0.3) is 0 Å². The minimum atomic E-state index is -0.973. The van der Waals surface area contributed by atoms with Crippen LogP contribution in [0.5, 0.6) is 0 Å². The van der Waals surface area contributed by atoms with E-state index in [9.17, 15) is 9.59 Å². The molecule has 1 atom stereocenters. The van der Waals surface area contributed by atoms with Gasteiger partial charge in [-0.3, -0.25) is 9.59 Å². The molecule has 4 N–H and O–H groups in total. The Morgan fingerprint density at radius 3 is 2.43 bits per heavy atom. The summed E-state index contributed by atoms with van der Waals surface area (Å²) >= 11 is 0. The van der Waals surface area contributed by atoms with Gasteiger partial charge in [0.15, 0.2) is 0 Å². The third-order valence-corrected chi connectivity index (χ3v) is 1.63. The molecule has 0 bridgehead atoms. The fraction of sp³-hybridized carbons (Fsp3) is 0.750. The number of hydrogen-bond donors (Lipinski definition) is 3. The van der Waals surface area contributed by atoms with Crippen LogP contribution in [-0.4, -0.2) is 29.6 Å². The second-order valence-electron chi connectivity index (χ2n) is 2.92. The van der Waals surface area contributed by atoms with E-state index in [1.807, 2.05) is 0 Å². The Bertz CT molecular complexity index is 187. The maximum absolute atomic E-state index is 10.4. The number of carboxylic acids is 1. The highest BCUT2D eigenvalue weighted by Gasteiger charge is 2.09. The van der Waals surface area contributed by atoms with E-state index in [0.717, 1.165) is 6.42 Å². The normalized spacial score (nSPS) is 11.3. The third kappa shape index (κ3) is 9.28. The Kier molecular flexibility index (Phi) is 9.81. The van der Waals surface area contributed by atoms with Crippen molar-refractivity contribution < 1.29 is 14.7 Å². The van der Waals surface area contributed by atoms with E-state index in [4.69, 9.17) is 10.8 Å². The fourth-order valence-electron chi connectivity index (χ4n) is 0.877. The molecular formula is C8H17ClN2O3. The zero-order valence-electron chi connectivity index (χ0n) is 8.16. The average molecular weight is 225 g/mol. The van der Waals surface area contributed by atoms with E-state index in [0.29, 0.717) is 19.4 Å². The first-order valence-corrected chi connectivity index (χ1v) is 4.27. The summed E-state index contributed by atoms with van der Waals surface area (Å²) in [5, 5.41) is 11.1. The first-order chi connectivity index (χ1) is 6.04. The number of hydrogen-bond acceptors (Lipinski definition) is 3. The van der Waals surface area contributed by atoms with Crippen molar-refractivity contribution in [2.75, 3.05) is 6.54 Å². The molecule has 0 saturated heterocycles. The van der Waals surface area contributed by atoms with Gasteiger partial charge in [-0.1, -0.05) is 0 Å². The molecule has 0 fully saturated rings. The first kappa shape index (κ1) is 15.7. The summed E-state index contributed by atoms with van der Waals surface area (Å²) in [7, 11) is 0. The molecule has 84 valence electrons. The number of rotatable bonds is 6. The van der Waals surface area contributed by atoms with Crippen LogP contribution in [0.4, 0.5) is 0 Å². The molecule has 1 amide bonds. The molecule has 0 radical (unpaired) electrons. The van der Waals surface area contributed by atoms with Crippen LogP contribution in [-0.2, 0) is 9.59 Å². The number of carbonyl (C=O) groups excluding carboxylic acids is 1. The highest BCUT2D eigenvalue weighted by molar-refractivity contribution is 5.85. The monoisotopic (exact) mass is 224 g/mol.